The van der Waals surface area contributed by atoms with E-state index in [9.17, 15) is 5.11 Å². The molecule has 0 bridgehead atoms. The highest BCUT2D eigenvalue weighted by molar-refractivity contribution is 4.93. The van der Waals surface area contributed by atoms with Gasteiger partial charge in [0.15, 0.2) is 17.9 Å². The molecular formula is C17H32O6. The van der Waals surface area contributed by atoms with E-state index in [1.165, 1.54) is 0 Å². The molecule has 2 heterocycles. The predicted molar refractivity (Wildman–Crippen MR) is 84.8 cm³/mol. The predicted octanol–water partition coefficient (Wildman–Crippen LogP) is 2.43. The second-order valence-corrected chi connectivity index (χ2v) is 7.45. The van der Waals surface area contributed by atoms with Crippen LogP contribution in [0.25, 0.3) is 0 Å². The van der Waals surface area contributed by atoms with Gasteiger partial charge in [-0.05, 0) is 34.1 Å². The molecule has 23 heavy (non-hydrogen) atoms. The molecule has 5 atom stereocenters. The van der Waals surface area contributed by atoms with Crippen LogP contribution in [-0.2, 0) is 23.7 Å². The van der Waals surface area contributed by atoms with Gasteiger partial charge in [-0.15, -0.1) is 0 Å². The summed E-state index contributed by atoms with van der Waals surface area (Å²) in [5.74, 6) is -1.87. The zero-order valence-electron chi connectivity index (χ0n) is 15.2. The lowest BCUT2D eigenvalue weighted by Crippen LogP contribution is -2.40. The van der Waals surface area contributed by atoms with Crippen molar-refractivity contribution in [2.24, 2.45) is 5.92 Å². The molecule has 0 aromatic heterocycles. The van der Waals surface area contributed by atoms with Gasteiger partial charge in [0.2, 0.25) is 0 Å². The van der Waals surface area contributed by atoms with E-state index >= 15 is 0 Å². The van der Waals surface area contributed by atoms with Gasteiger partial charge in [-0.2, -0.15) is 0 Å². The van der Waals surface area contributed by atoms with Crippen LogP contribution in [0.2, 0.25) is 0 Å². The lowest BCUT2D eigenvalue weighted by molar-refractivity contribution is -0.282. The van der Waals surface area contributed by atoms with Gasteiger partial charge in [0, 0.05) is 12.5 Å². The molecule has 2 aliphatic rings. The Morgan fingerprint density at radius 2 is 2.00 bits per heavy atom. The van der Waals surface area contributed by atoms with Crippen molar-refractivity contribution in [1.82, 2.24) is 0 Å². The summed E-state index contributed by atoms with van der Waals surface area (Å²) in [4.78, 5) is 0. The monoisotopic (exact) mass is 332 g/mol. The zero-order chi connectivity index (χ0) is 17.3. The topological polar surface area (TPSA) is 66.4 Å². The summed E-state index contributed by atoms with van der Waals surface area (Å²) < 4.78 is 29.4. The number of hydrogen-bond donors (Lipinski definition) is 1. The first-order valence-corrected chi connectivity index (χ1v) is 8.62. The van der Waals surface area contributed by atoms with Crippen molar-refractivity contribution in [2.75, 3.05) is 13.2 Å². The molecule has 6 nitrogen and oxygen atoms in total. The summed E-state index contributed by atoms with van der Waals surface area (Å²) >= 11 is 0. The molecule has 0 unspecified atom stereocenters. The fourth-order valence-corrected chi connectivity index (χ4v) is 3.02. The standard InChI is InChI=1S/C17H32O6/c1-7-8-9-19-13-11(2)15(23-16(3,4)18)21-14(13)12-10-20-17(5,6)22-12/h11-15,18H,7-10H2,1-6H3/t11-,12-,13+,14+,15+/m0/s1. The van der Waals surface area contributed by atoms with E-state index in [1.807, 2.05) is 20.8 Å². The SMILES string of the molecule is CCCCO[C@@H]1[C@H](C)[C@@H](OC(C)(C)O)O[C@@H]1[C@@H]1COC(C)(C)O1. The molecule has 1 N–H and O–H groups in total. The van der Waals surface area contributed by atoms with Crippen LogP contribution < -0.4 is 0 Å². The lowest BCUT2D eigenvalue weighted by Gasteiger charge is -2.26. The average Bonchev–Trinajstić information content (AvgIpc) is 2.91. The van der Waals surface area contributed by atoms with Crippen molar-refractivity contribution >= 4 is 0 Å². The Morgan fingerprint density at radius 1 is 1.30 bits per heavy atom. The largest absolute Gasteiger partial charge is 0.375 e. The molecule has 2 saturated heterocycles. The van der Waals surface area contributed by atoms with Crippen LogP contribution in [0.15, 0.2) is 0 Å². The van der Waals surface area contributed by atoms with Crippen LogP contribution in [0.5, 0.6) is 0 Å². The third-order valence-electron chi connectivity index (χ3n) is 4.17. The van der Waals surface area contributed by atoms with E-state index in [4.69, 9.17) is 23.7 Å². The van der Waals surface area contributed by atoms with Gasteiger partial charge in [-0.1, -0.05) is 20.3 Å². The molecular weight excluding hydrogens is 300 g/mol. The molecule has 2 fully saturated rings. The third-order valence-corrected chi connectivity index (χ3v) is 4.17. The molecule has 0 amide bonds. The van der Waals surface area contributed by atoms with Crippen molar-refractivity contribution in [3.63, 3.8) is 0 Å². The summed E-state index contributed by atoms with van der Waals surface area (Å²) in [6, 6.07) is 0. The number of unbranched alkanes of at least 4 members (excludes halogenated alkanes) is 1. The molecule has 136 valence electrons. The van der Waals surface area contributed by atoms with Gasteiger partial charge >= 0.3 is 0 Å². The first kappa shape index (κ1) is 19.1. The van der Waals surface area contributed by atoms with Gasteiger partial charge in [-0.25, -0.2) is 0 Å². The van der Waals surface area contributed by atoms with Crippen molar-refractivity contribution in [3.05, 3.63) is 0 Å². The number of aliphatic hydroxyl groups is 1. The zero-order valence-corrected chi connectivity index (χ0v) is 15.2. The van der Waals surface area contributed by atoms with Crippen LogP contribution in [0.1, 0.15) is 54.4 Å². The lowest BCUT2D eigenvalue weighted by atomic mass is 9.99. The van der Waals surface area contributed by atoms with Gasteiger partial charge < -0.3 is 28.8 Å². The maximum Gasteiger partial charge on any atom is 0.166 e. The number of ether oxygens (including phenoxy) is 5. The molecule has 0 aromatic carbocycles. The molecule has 2 rings (SSSR count). The molecule has 0 radical (unpaired) electrons. The van der Waals surface area contributed by atoms with Crippen LogP contribution in [0.4, 0.5) is 0 Å². The fraction of sp³-hybridized carbons (Fsp3) is 1.00. The minimum absolute atomic E-state index is 0.00408. The maximum atomic E-state index is 9.93. The maximum absolute atomic E-state index is 9.93. The van der Waals surface area contributed by atoms with Gasteiger partial charge in [-0.3, -0.25) is 0 Å². The van der Waals surface area contributed by atoms with Crippen molar-refractivity contribution in [2.45, 2.75) is 90.6 Å². The van der Waals surface area contributed by atoms with Crippen LogP contribution in [-0.4, -0.2) is 54.5 Å². The highest BCUT2D eigenvalue weighted by Gasteiger charge is 2.51. The highest BCUT2D eigenvalue weighted by atomic mass is 16.8. The smallest absolute Gasteiger partial charge is 0.166 e. The highest BCUT2D eigenvalue weighted by Crippen LogP contribution is 2.37. The molecule has 6 heteroatoms. The summed E-state index contributed by atoms with van der Waals surface area (Å²) in [5, 5.41) is 9.93. The minimum atomic E-state index is -1.26. The molecule has 0 spiro atoms. The molecule has 0 saturated carbocycles. The summed E-state index contributed by atoms with van der Waals surface area (Å²) in [5.41, 5.74) is 0. The Labute approximate surface area is 139 Å². The summed E-state index contributed by atoms with van der Waals surface area (Å²) in [6.07, 6.45) is 0.938. The minimum Gasteiger partial charge on any atom is -0.375 e. The van der Waals surface area contributed by atoms with E-state index < -0.39 is 17.9 Å². The van der Waals surface area contributed by atoms with E-state index in [-0.39, 0.29) is 24.2 Å². The molecule has 0 aliphatic carbocycles. The second-order valence-electron chi connectivity index (χ2n) is 7.45. The van der Waals surface area contributed by atoms with E-state index in [2.05, 4.69) is 6.92 Å². The van der Waals surface area contributed by atoms with Crippen LogP contribution in [0.3, 0.4) is 0 Å². The number of rotatable bonds is 7. The van der Waals surface area contributed by atoms with Crippen molar-refractivity contribution in [3.8, 4) is 0 Å². The van der Waals surface area contributed by atoms with Crippen molar-refractivity contribution < 1.29 is 28.8 Å². The van der Waals surface area contributed by atoms with Gasteiger partial charge in [0.25, 0.3) is 0 Å². The van der Waals surface area contributed by atoms with Gasteiger partial charge in [0.1, 0.15) is 12.2 Å². The second kappa shape index (κ2) is 7.33. The Kier molecular flexibility index (Phi) is 6.09. The fourth-order valence-electron chi connectivity index (χ4n) is 3.02. The summed E-state index contributed by atoms with van der Waals surface area (Å²) in [7, 11) is 0. The Morgan fingerprint density at radius 3 is 2.52 bits per heavy atom. The quantitative estimate of drug-likeness (QED) is 0.570. The normalized spacial score (nSPS) is 37.4. The Balaban J connectivity index is 2.06. The molecule has 0 aromatic rings. The first-order chi connectivity index (χ1) is 10.6. The Hall–Kier alpha value is -0.240. The first-order valence-electron chi connectivity index (χ1n) is 8.62. The van der Waals surface area contributed by atoms with Crippen molar-refractivity contribution in [1.29, 1.82) is 0 Å². The average molecular weight is 332 g/mol. The van der Waals surface area contributed by atoms with E-state index in [1.54, 1.807) is 13.8 Å². The van der Waals surface area contributed by atoms with Gasteiger partial charge in [0.05, 0.1) is 12.7 Å². The third kappa shape index (κ3) is 5.11. The Bertz CT molecular complexity index is 378. The van der Waals surface area contributed by atoms with Crippen LogP contribution >= 0.6 is 0 Å². The summed E-state index contributed by atoms with van der Waals surface area (Å²) in [6.45, 7) is 12.3. The molecule has 2 aliphatic heterocycles. The number of hydrogen-bond acceptors (Lipinski definition) is 6. The van der Waals surface area contributed by atoms with E-state index in [0.717, 1.165) is 12.8 Å². The van der Waals surface area contributed by atoms with E-state index in [0.29, 0.717) is 13.2 Å². The van der Waals surface area contributed by atoms with Crippen LogP contribution in [0, 0.1) is 5.92 Å².